The fourth-order valence-corrected chi connectivity index (χ4v) is 6.21. The van der Waals surface area contributed by atoms with E-state index in [0.29, 0.717) is 29.7 Å². The first-order chi connectivity index (χ1) is 13.6. The largest absolute Gasteiger partial charge is 0.335 e. The molecule has 0 radical (unpaired) electrons. The molecule has 0 aromatic heterocycles. The molecule has 7 heteroatoms. The summed E-state index contributed by atoms with van der Waals surface area (Å²) in [5.74, 6) is 1.02. The molecule has 2 heterocycles. The third-order valence-corrected chi connectivity index (χ3v) is 8.08. The van der Waals surface area contributed by atoms with E-state index in [9.17, 15) is 9.59 Å². The molecular formula is C21H28ClN3O2S. The third kappa shape index (κ3) is 4.13. The van der Waals surface area contributed by atoms with E-state index in [-0.39, 0.29) is 16.8 Å². The Labute approximate surface area is 176 Å². The zero-order chi connectivity index (χ0) is 19.6. The van der Waals surface area contributed by atoms with E-state index in [0.717, 1.165) is 38.0 Å². The van der Waals surface area contributed by atoms with Gasteiger partial charge in [-0.25, -0.2) is 4.79 Å². The number of nitrogens with one attached hydrogen (secondary N) is 1. The second-order valence-electron chi connectivity index (χ2n) is 8.03. The number of rotatable bonds is 2. The zero-order valence-corrected chi connectivity index (χ0v) is 17.7. The predicted molar refractivity (Wildman–Crippen MR) is 114 cm³/mol. The molecule has 0 unspecified atom stereocenters. The van der Waals surface area contributed by atoms with Crippen molar-refractivity contribution >= 4 is 35.3 Å². The molecule has 1 aromatic rings. The van der Waals surface area contributed by atoms with Crippen molar-refractivity contribution in [3.8, 4) is 0 Å². The lowest BCUT2D eigenvalue weighted by Gasteiger charge is -2.44. The molecule has 3 fully saturated rings. The van der Waals surface area contributed by atoms with Gasteiger partial charge in [-0.15, -0.1) is 11.8 Å². The molecule has 2 aliphatic heterocycles. The minimum Gasteiger partial charge on any atom is -0.335 e. The van der Waals surface area contributed by atoms with E-state index in [4.69, 9.17) is 11.6 Å². The summed E-state index contributed by atoms with van der Waals surface area (Å²) in [4.78, 5) is 29.5. The maximum absolute atomic E-state index is 13.1. The predicted octanol–water partition coefficient (Wildman–Crippen LogP) is 4.36. The average Bonchev–Trinajstić information content (AvgIpc) is 3.12. The number of amides is 3. The van der Waals surface area contributed by atoms with Crippen LogP contribution in [-0.4, -0.2) is 58.0 Å². The Kier molecular flexibility index (Phi) is 6.07. The fourth-order valence-electron chi connectivity index (χ4n) is 4.63. The molecule has 3 aliphatic rings. The van der Waals surface area contributed by atoms with E-state index in [1.807, 2.05) is 21.6 Å². The van der Waals surface area contributed by atoms with Crippen LogP contribution in [0.4, 0.5) is 4.79 Å². The van der Waals surface area contributed by atoms with Gasteiger partial charge in [-0.3, -0.25) is 4.79 Å². The van der Waals surface area contributed by atoms with E-state index in [1.54, 1.807) is 24.3 Å². The van der Waals surface area contributed by atoms with Gasteiger partial charge >= 0.3 is 6.03 Å². The lowest BCUT2D eigenvalue weighted by atomic mass is 9.95. The van der Waals surface area contributed by atoms with Gasteiger partial charge in [-0.05, 0) is 49.9 Å². The molecule has 3 amide bonds. The van der Waals surface area contributed by atoms with Gasteiger partial charge in [0.25, 0.3) is 5.91 Å². The van der Waals surface area contributed by atoms with Crippen molar-refractivity contribution in [2.24, 2.45) is 0 Å². The number of hydrogen-bond donors (Lipinski definition) is 1. The van der Waals surface area contributed by atoms with Crippen LogP contribution in [0.3, 0.4) is 0 Å². The molecule has 0 atom stereocenters. The van der Waals surface area contributed by atoms with Gasteiger partial charge in [0, 0.05) is 42.0 Å². The van der Waals surface area contributed by atoms with Crippen LogP contribution in [-0.2, 0) is 0 Å². The highest BCUT2D eigenvalue weighted by Crippen LogP contribution is 2.44. The Morgan fingerprint density at radius 2 is 1.71 bits per heavy atom. The van der Waals surface area contributed by atoms with Crippen molar-refractivity contribution in [1.82, 2.24) is 15.1 Å². The van der Waals surface area contributed by atoms with Crippen LogP contribution in [0.5, 0.6) is 0 Å². The monoisotopic (exact) mass is 421 g/mol. The van der Waals surface area contributed by atoms with Crippen molar-refractivity contribution in [3.05, 3.63) is 34.9 Å². The van der Waals surface area contributed by atoms with Crippen molar-refractivity contribution in [3.63, 3.8) is 0 Å². The standard InChI is InChI=1S/C21H28ClN3O2S/c22-17-8-6-16(7-9-17)19(26)25-14-15-28-21(25)10-12-24(13-11-21)20(27)23-18-4-2-1-3-5-18/h6-9,18H,1-5,10-15H2,(H,23,27). The highest BCUT2D eigenvalue weighted by molar-refractivity contribution is 8.00. The maximum atomic E-state index is 13.1. The number of nitrogens with zero attached hydrogens (tertiary/aromatic N) is 2. The average molecular weight is 422 g/mol. The Hall–Kier alpha value is -1.40. The highest BCUT2D eigenvalue weighted by Gasteiger charge is 2.47. The quantitative estimate of drug-likeness (QED) is 0.771. The van der Waals surface area contributed by atoms with E-state index >= 15 is 0 Å². The minimum absolute atomic E-state index is 0.0697. The molecule has 1 spiro atoms. The van der Waals surface area contributed by atoms with Gasteiger partial charge in [0.05, 0.1) is 4.87 Å². The SMILES string of the molecule is O=C(NC1CCCCC1)N1CCC2(CC1)SCCN2C(=O)c1ccc(Cl)cc1. The lowest BCUT2D eigenvalue weighted by molar-refractivity contribution is 0.0579. The summed E-state index contributed by atoms with van der Waals surface area (Å²) in [6, 6.07) is 7.54. The Balaban J connectivity index is 1.37. The summed E-state index contributed by atoms with van der Waals surface area (Å²) in [5, 5.41) is 3.86. The summed E-state index contributed by atoms with van der Waals surface area (Å²) < 4.78 is 0. The van der Waals surface area contributed by atoms with Crippen LogP contribution >= 0.6 is 23.4 Å². The van der Waals surface area contributed by atoms with E-state index in [2.05, 4.69) is 5.32 Å². The third-order valence-electron chi connectivity index (χ3n) is 6.28. The maximum Gasteiger partial charge on any atom is 0.317 e. The topological polar surface area (TPSA) is 52.7 Å². The summed E-state index contributed by atoms with van der Waals surface area (Å²) in [6.45, 7) is 2.17. The number of carbonyl (C=O) groups excluding carboxylic acids is 2. The number of halogens is 1. The number of piperidine rings is 1. The first kappa shape index (κ1) is 19.9. The van der Waals surface area contributed by atoms with E-state index in [1.165, 1.54) is 19.3 Å². The summed E-state index contributed by atoms with van der Waals surface area (Å²) in [6.07, 6.45) is 7.57. The first-order valence-electron chi connectivity index (χ1n) is 10.3. The second kappa shape index (κ2) is 8.54. The van der Waals surface area contributed by atoms with Gasteiger partial charge in [0.15, 0.2) is 0 Å². The fraction of sp³-hybridized carbons (Fsp3) is 0.619. The Morgan fingerprint density at radius 1 is 1.04 bits per heavy atom. The molecule has 1 saturated carbocycles. The van der Waals surface area contributed by atoms with E-state index < -0.39 is 0 Å². The van der Waals surface area contributed by atoms with Crippen LogP contribution in [0.2, 0.25) is 5.02 Å². The highest BCUT2D eigenvalue weighted by atomic mass is 35.5. The van der Waals surface area contributed by atoms with Crippen LogP contribution in [0, 0.1) is 0 Å². The van der Waals surface area contributed by atoms with Crippen LogP contribution in [0.15, 0.2) is 24.3 Å². The normalized spacial score (nSPS) is 22.5. The number of hydrogen-bond acceptors (Lipinski definition) is 3. The number of thioether (sulfide) groups is 1. The molecule has 2 saturated heterocycles. The summed E-state index contributed by atoms with van der Waals surface area (Å²) in [7, 11) is 0. The molecule has 5 nitrogen and oxygen atoms in total. The van der Waals surface area contributed by atoms with Gasteiger partial charge < -0.3 is 15.1 Å². The van der Waals surface area contributed by atoms with Gasteiger partial charge in [-0.1, -0.05) is 30.9 Å². The van der Waals surface area contributed by atoms with Crippen molar-refractivity contribution in [2.75, 3.05) is 25.4 Å². The first-order valence-corrected chi connectivity index (χ1v) is 11.7. The van der Waals surface area contributed by atoms with Gasteiger partial charge in [0.1, 0.15) is 0 Å². The molecule has 1 aliphatic carbocycles. The van der Waals surface area contributed by atoms with Crippen molar-refractivity contribution in [1.29, 1.82) is 0 Å². The lowest BCUT2D eigenvalue weighted by Crippen LogP contribution is -2.56. The summed E-state index contributed by atoms with van der Waals surface area (Å²) in [5.41, 5.74) is 0.684. The van der Waals surface area contributed by atoms with Crippen molar-refractivity contribution in [2.45, 2.75) is 55.9 Å². The molecule has 152 valence electrons. The zero-order valence-electron chi connectivity index (χ0n) is 16.2. The van der Waals surface area contributed by atoms with Crippen LogP contribution in [0.1, 0.15) is 55.3 Å². The molecular weight excluding hydrogens is 394 g/mol. The molecule has 4 rings (SSSR count). The number of carbonyl (C=O) groups is 2. The molecule has 1 aromatic carbocycles. The molecule has 28 heavy (non-hydrogen) atoms. The number of likely N-dealkylation sites (tertiary alicyclic amines) is 1. The second-order valence-corrected chi connectivity index (χ2v) is 9.92. The Morgan fingerprint density at radius 3 is 2.39 bits per heavy atom. The minimum atomic E-state index is -0.182. The van der Waals surface area contributed by atoms with Crippen molar-refractivity contribution < 1.29 is 9.59 Å². The van der Waals surface area contributed by atoms with Crippen LogP contribution < -0.4 is 5.32 Å². The molecule has 1 N–H and O–H groups in total. The number of urea groups is 1. The summed E-state index contributed by atoms with van der Waals surface area (Å²) >= 11 is 7.83. The van der Waals surface area contributed by atoms with Crippen LogP contribution in [0.25, 0.3) is 0 Å². The molecule has 0 bridgehead atoms. The van der Waals surface area contributed by atoms with Gasteiger partial charge in [0.2, 0.25) is 0 Å². The van der Waals surface area contributed by atoms with Gasteiger partial charge in [-0.2, -0.15) is 0 Å². The number of benzene rings is 1. The smallest absolute Gasteiger partial charge is 0.317 e. The Bertz CT molecular complexity index is 713.